The second-order valence-electron chi connectivity index (χ2n) is 6.23. The quantitative estimate of drug-likeness (QED) is 0.476. The number of para-hydroxylation sites is 1. The lowest BCUT2D eigenvalue weighted by Gasteiger charge is -2.06. The minimum Gasteiger partial charge on any atom is -0.267 e. The van der Waals surface area contributed by atoms with E-state index in [1.807, 2.05) is 0 Å². The van der Waals surface area contributed by atoms with Crippen LogP contribution in [0.2, 0.25) is 0 Å². The summed E-state index contributed by atoms with van der Waals surface area (Å²) in [7, 11) is 0. The van der Waals surface area contributed by atoms with Crippen LogP contribution in [0.15, 0.2) is 82.7 Å². The Bertz CT molecular complexity index is 1310. The van der Waals surface area contributed by atoms with Gasteiger partial charge in [-0.2, -0.15) is 9.78 Å². The molecule has 0 radical (unpaired) electrons. The largest absolute Gasteiger partial charge is 0.282 e. The van der Waals surface area contributed by atoms with Crippen LogP contribution in [-0.2, 0) is 0 Å². The molecule has 1 aromatic heterocycles. The molecule has 0 saturated heterocycles. The van der Waals surface area contributed by atoms with Crippen molar-refractivity contribution in [3.63, 3.8) is 0 Å². The van der Waals surface area contributed by atoms with E-state index in [-0.39, 0.29) is 11.4 Å². The Morgan fingerprint density at radius 1 is 0.793 bits per heavy atom. The van der Waals surface area contributed by atoms with Gasteiger partial charge in [0, 0.05) is 11.1 Å². The Hall–Kier alpha value is -3.93. The molecule has 0 saturated carbocycles. The van der Waals surface area contributed by atoms with Gasteiger partial charge in [-0.3, -0.25) is 4.79 Å². The van der Waals surface area contributed by atoms with Crippen molar-refractivity contribution in [2.24, 2.45) is 5.10 Å². The molecule has 6 heteroatoms. The van der Waals surface area contributed by atoms with Crippen LogP contribution in [0.4, 0.5) is 8.78 Å². The average Bonchev–Trinajstić information content (AvgIpc) is 2.74. The first-order valence-corrected chi connectivity index (χ1v) is 8.87. The first-order chi connectivity index (χ1) is 14.1. The molecule has 0 N–H and O–H groups in total. The van der Waals surface area contributed by atoms with E-state index in [1.54, 1.807) is 60.7 Å². The zero-order valence-electron chi connectivity index (χ0n) is 15.2. The van der Waals surface area contributed by atoms with Gasteiger partial charge in [-0.15, -0.1) is 0 Å². The second kappa shape index (κ2) is 7.98. The third-order valence-corrected chi connectivity index (χ3v) is 4.31. The van der Waals surface area contributed by atoms with Crippen LogP contribution >= 0.6 is 0 Å². The summed E-state index contributed by atoms with van der Waals surface area (Å²) in [5.41, 5.74) is 0.663. The summed E-state index contributed by atoms with van der Waals surface area (Å²) < 4.78 is 28.9. The highest BCUT2D eigenvalue weighted by molar-refractivity contribution is 5.81. The highest BCUT2D eigenvalue weighted by atomic mass is 19.1. The van der Waals surface area contributed by atoms with Crippen molar-refractivity contribution in [3.8, 4) is 0 Å². The molecule has 0 spiro atoms. The van der Waals surface area contributed by atoms with Crippen molar-refractivity contribution in [2.75, 3.05) is 0 Å². The molecule has 4 rings (SSSR count). The fourth-order valence-electron chi connectivity index (χ4n) is 2.83. The summed E-state index contributed by atoms with van der Waals surface area (Å²) in [6.07, 6.45) is 4.28. The topological polar surface area (TPSA) is 47.2 Å². The van der Waals surface area contributed by atoms with Crippen molar-refractivity contribution in [3.05, 3.63) is 112 Å². The monoisotopic (exact) mass is 387 g/mol. The molecule has 1 heterocycles. The summed E-state index contributed by atoms with van der Waals surface area (Å²) in [6, 6.07) is 19.2. The first kappa shape index (κ1) is 18.4. The van der Waals surface area contributed by atoms with E-state index in [0.29, 0.717) is 16.5 Å². The van der Waals surface area contributed by atoms with Crippen molar-refractivity contribution >= 4 is 29.3 Å². The summed E-state index contributed by atoms with van der Waals surface area (Å²) in [5, 5.41) is 4.53. The predicted molar refractivity (Wildman–Crippen MR) is 111 cm³/mol. The van der Waals surface area contributed by atoms with Gasteiger partial charge in [0.1, 0.15) is 11.6 Å². The molecule has 142 valence electrons. The second-order valence-corrected chi connectivity index (χ2v) is 6.23. The zero-order chi connectivity index (χ0) is 20.2. The molecular weight excluding hydrogens is 372 g/mol. The fourth-order valence-corrected chi connectivity index (χ4v) is 2.83. The number of rotatable bonds is 4. The van der Waals surface area contributed by atoms with Gasteiger partial charge in [0.2, 0.25) is 0 Å². The SMILES string of the molecule is O=c1c2ccccc2nc(/C=C/c2ccccc2F)n1/N=C/c1ccccc1F. The number of hydrogen-bond acceptors (Lipinski definition) is 3. The smallest absolute Gasteiger partial charge is 0.267 e. The molecule has 29 heavy (non-hydrogen) atoms. The zero-order valence-corrected chi connectivity index (χ0v) is 15.2. The van der Waals surface area contributed by atoms with E-state index < -0.39 is 17.2 Å². The third kappa shape index (κ3) is 3.87. The summed E-state index contributed by atoms with van der Waals surface area (Å²) in [4.78, 5) is 17.4. The van der Waals surface area contributed by atoms with E-state index >= 15 is 0 Å². The van der Waals surface area contributed by atoms with Crippen LogP contribution in [-0.4, -0.2) is 15.9 Å². The minimum atomic E-state index is -0.457. The molecule has 0 aliphatic carbocycles. The minimum absolute atomic E-state index is 0.199. The number of hydrogen-bond donors (Lipinski definition) is 0. The van der Waals surface area contributed by atoms with Crippen LogP contribution in [0.3, 0.4) is 0 Å². The Labute approximate surface area is 165 Å². The molecule has 4 aromatic rings. The van der Waals surface area contributed by atoms with E-state index in [1.165, 1.54) is 30.5 Å². The van der Waals surface area contributed by atoms with Gasteiger partial charge in [0.25, 0.3) is 5.56 Å². The number of halogens is 2. The van der Waals surface area contributed by atoms with Crippen molar-refractivity contribution in [1.29, 1.82) is 0 Å². The maximum Gasteiger partial charge on any atom is 0.282 e. The van der Waals surface area contributed by atoms with Gasteiger partial charge >= 0.3 is 0 Å². The Kier molecular flexibility index (Phi) is 5.07. The molecule has 4 nitrogen and oxygen atoms in total. The Balaban J connectivity index is 1.86. The van der Waals surface area contributed by atoms with Gasteiger partial charge in [-0.05, 0) is 36.4 Å². The fraction of sp³-hybridized carbons (Fsp3) is 0. The maximum absolute atomic E-state index is 13.9. The summed E-state index contributed by atoms with van der Waals surface area (Å²) in [6.45, 7) is 0. The molecular formula is C23H15F2N3O. The normalized spacial score (nSPS) is 11.7. The molecule has 0 aliphatic rings. The molecule has 0 fully saturated rings. The lowest BCUT2D eigenvalue weighted by atomic mass is 10.2. The first-order valence-electron chi connectivity index (χ1n) is 8.87. The van der Waals surface area contributed by atoms with Crippen LogP contribution < -0.4 is 5.56 Å². The van der Waals surface area contributed by atoms with Crippen LogP contribution in [0, 0.1) is 11.6 Å². The predicted octanol–water partition coefficient (Wildman–Crippen LogP) is 4.73. The molecule has 3 aromatic carbocycles. The standard InChI is InChI=1S/C23H15F2N3O/c24-19-10-4-1-7-16(19)13-14-22-27-21-12-6-3-9-18(21)23(29)28(22)26-15-17-8-2-5-11-20(17)25/h1-15H/b14-13+,26-15+. The molecule has 0 amide bonds. The van der Waals surface area contributed by atoms with Gasteiger partial charge in [-0.1, -0.05) is 48.5 Å². The molecule has 0 bridgehead atoms. The maximum atomic E-state index is 13.9. The highest BCUT2D eigenvalue weighted by Crippen LogP contribution is 2.13. The highest BCUT2D eigenvalue weighted by Gasteiger charge is 2.09. The van der Waals surface area contributed by atoms with E-state index in [0.717, 1.165) is 4.68 Å². The Morgan fingerprint density at radius 2 is 1.41 bits per heavy atom. The molecule has 0 atom stereocenters. The number of benzene rings is 3. The molecule has 0 aliphatic heterocycles. The summed E-state index contributed by atoms with van der Waals surface area (Å²) in [5.74, 6) is -0.653. The van der Waals surface area contributed by atoms with Crippen LogP contribution in [0.5, 0.6) is 0 Å². The van der Waals surface area contributed by atoms with E-state index in [4.69, 9.17) is 0 Å². The van der Waals surface area contributed by atoms with Gasteiger partial charge in [0.15, 0.2) is 5.82 Å². The van der Waals surface area contributed by atoms with Gasteiger partial charge < -0.3 is 0 Å². The van der Waals surface area contributed by atoms with E-state index in [9.17, 15) is 13.6 Å². The van der Waals surface area contributed by atoms with Gasteiger partial charge in [0.05, 0.1) is 17.1 Å². The van der Waals surface area contributed by atoms with Gasteiger partial charge in [-0.25, -0.2) is 13.8 Å². The lowest BCUT2D eigenvalue weighted by Crippen LogP contribution is -2.20. The average molecular weight is 387 g/mol. The number of aromatic nitrogens is 2. The molecule has 0 unspecified atom stereocenters. The van der Waals surface area contributed by atoms with Crippen LogP contribution in [0.1, 0.15) is 17.0 Å². The van der Waals surface area contributed by atoms with Crippen molar-refractivity contribution < 1.29 is 8.78 Å². The lowest BCUT2D eigenvalue weighted by molar-refractivity contribution is 0.625. The van der Waals surface area contributed by atoms with Crippen LogP contribution in [0.25, 0.3) is 23.1 Å². The van der Waals surface area contributed by atoms with Crippen molar-refractivity contribution in [1.82, 2.24) is 9.66 Å². The number of fused-ring (bicyclic) bond motifs is 1. The van der Waals surface area contributed by atoms with E-state index in [2.05, 4.69) is 10.1 Å². The van der Waals surface area contributed by atoms with Crippen molar-refractivity contribution in [2.45, 2.75) is 0 Å². The Morgan fingerprint density at radius 3 is 2.14 bits per heavy atom. The summed E-state index contributed by atoms with van der Waals surface area (Å²) >= 11 is 0. The number of nitrogens with zero attached hydrogens (tertiary/aromatic N) is 3. The third-order valence-electron chi connectivity index (χ3n) is 4.31.